The number of ether oxygens (including phenoxy) is 1. The van der Waals surface area contributed by atoms with Gasteiger partial charge < -0.3 is 9.72 Å². The standard InChI is InChI=1S/C14H13N3O3S/c1-20-10-6-8-11(9-7-10)21(18,19)17-14-15-12-4-2-3-5-13(12)16-14/h2-9H,1H3,(H2,15,16,17). The van der Waals surface area contributed by atoms with Gasteiger partial charge in [-0.1, -0.05) is 12.1 Å². The van der Waals surface area contributed by atoms with Gasteiger partial charge in [0.25, 0.3) is 10.0 Å². The van der Waals surface area contributed by atoms with Crippen LogP contribution in [0.5, 0.6) is 5.75 Å². The number of fused-ring (bicyclic) bond motifs is 1. The van der Waals surface area contributed by atoms with Crippen molar-refractivity contribution < 1.29 is 13.2 Å². The molecule has 1 heterocycles. The molecule has 1 aromatic heterocycles. The van der Waals surface area contributed by atoms with E-state index in [1.165, 1.54) is 19.2 Å². The first-order valence-electron chi connectivity index (χ1n) is 6.20. The fraction of sp³-hybridized carbons (Fsp3) is 0.0714. The summed E-state index contributed by atoms with van der Waals surface area (Å²) >= 11 is 0. The predicted molar refractivity (Wildman–Crippen MR) is 79.9 cm³/mol. The molecule has 0 aliphatic rings. The Morgan fingerprint density at radius 3 is 2.48 bits per heavy atom. The van der Waals surface area contributed by atoms with Crippen LogP contribution in [0.1, 0.15) is 0 Å². The molecule has 0 spiro atoms. The van der Waals surface area contributed by atoms with Crippen molar-refractivity contribution >= 4 is 27.0 Å². The zero-order valence-electron chi connectivity index (χ0n) is 11.2. The third kappa shape index (κ3) is 2.68. The fourth-order valence-electron chi connectivity index (χ4n) is 1.94. The van der Waals surface area contributed by atoms with Crippen LogP contribution in [0.4, 0.5) is 5.95 Å². The van der Waals surface area contributed by atoms with Crippen LogP contribution < -0.4 is 9.46 Å². The van der Waals surface area contributed by atoms with Crippen molar-refractivity contribution in [1.29, 1.82) is 0 Å². The highest BCUT2D eigenvalue weighted by Crippen LogP contribution is 2.19. The summed E-state index contributed by atoms with van der Waals surface area (Å²) in [5.41, 5.74) is 1.47. The minimum atomic E-state index is -3.69. The second-order valence-electron chi connectivity index (χ2n) is 4.38. The monoisotopic (exact) mass is 303 g/mol. The van der Waals surface area contributed by atoms with Crippen LogP contribution in [0.25, 0.3) is 11.0 Å². The molecule has 3 rings (SSSR count). The van der Waals surface area contributed by atoms with Crippen molar-refractivity contribution in [2.24, 2.45) is 0 Å². The highest BCUT2D eigenvalue weighted by Gasteiger charge is 2.16. The number of imidazole rings is 1. The minimum Gasteiger partial charge on any atom is -0.497 e. The molecule has 6 nitrogen and oxygen atoms in total. The van der Waals surface area contributed by atoms with Crippen LogP contribution in [-0.4, -0.2) is 25.5 Å². The molecule has 108 valence electrons. The number of aromatic nitrogens is 2. The topological polar surface area (TPSA) is 84.1 Å². The molecule has 0 bridgehead atoms. The molecule has 0 aliphatic heterocycles. The number of rotatable bonds is 4. The lowest BCUT2D eigenvalue weighted by atomic mass is 10.3. The summed E-state index contributed by atoms with van der Waals surface area (Å²) in [6.07, 6.45) is 0. The molecule has 0 amide bonds. The summed E-state index contributed by atoms with van der Waals surface area (Å²) in [7, 11) is -2.16. The summed E-state index contributed by atoms with van der Waals surface area (Å²) in [6.45, 7) is 0. The first-order valence-corrected chi connectivity index (χ1v) is 7.68. The predicted octanol–water partition coefficient (Wildman–Crippen LogP) is 2.37. The Morgan fingerprint density at radius 1 is 1.10 bits per heavy atom. The van der Waals surface area contributed by atoms with E-state index in [0.717, 1.165) is 5.52 Å². The maximum atomic E-state index is 12.3. The van der Waals surface area contributed by atoms with E-state index in [1.54, 1.807) is 18.2 Å². The molecule has 0 fully saturated rings. The summed E-state index contributed by atoms with van der Waals surface area (Å²) in [5, 5.41) is 0. The molecule has 0 unspecified atom stereocenters. The lowest BCUT2D eigenvalue weighted by Gasteiger charge is -2.06. The lowest BCUT2D eigenvalue weighted by molar-refractivity contribution is 0.414. The van der Waals surface area contributed by atoms with Crippen LogP contribution >= 0.6 is 0 Å². The van der Waals surface area contributed by atoms with E-state index < -0.39 is 10.0 Å². The Balaban J connectivity index is 1.91. The van der Waals surface area contributed by atoms with Crippen molar-refractivity contribution in [3.63, 3.8) is 0 Å². The number of hydrogen-bond acceptors (Lipinski definition) is 4. The highest BCUT2D eigenvalue weighted by atomic mass is 32.2. The second-order valence-corrected chi connectivity index (χ2v) is 6.07. The van der Waals surface area contributed by atoms with Gasteiger partial charge in [-0.2, -0.15) is 0 Å². The van der Waals surface area contributed by atoms with E-state index in [9.17, 15) is 8.42 Å². The Hall–Kier alpha value is -2.54. The molecular weight excluding hydrogens is 290 g/mol. The van der Waals surface area contributed by atoms with E-state index in [1.807, 2.05) is 18.2 Å². The first-order chi connectivity index (χ1) is 10.1. The molecule has 7 heteroatoms. The lowest BCUT2D eigenvalue weighted by Crippen LogP contribution is -2.13. The van der Waals surface area contributed by atoms with Crippen molar-refractivity contribution in [3.8, 4) is 5.75 Å². The number of methoxy groups -OCH3 is 1. The molecule has 0 atom stereocenters. The van der Waals surface area contributed by atoms with Crippen LogP contribution in [-0.2, 0) is 10.0 Å². The van der Waals surface area contributed by atoms with E-state index in [0.29, 0.717) is 11.3 Å². The van der Waals surface area contributed by atoms with Gasteiger partial charge in [0.05, 0.1) is 23.0 Å². The number of H-pyrrole nitrogens is 1. The number of anilines is 1. The van der Waals surface area contributed by atoms with Crippen LogP contribution in [0.2, 0.25) is 0 Å². The molecule has 2 N–H and O–H groups in total. The normalized spacial score (nSPS) is 11.5. The number of hydrogen-bond donors (Lipinski definition) is 2. The Kier molecular flexibility index (Phi) is 3.26. The molecular formula is C14H13N3O3S. The molecule has 0 aliphatic carbocycles. The third-order valence-electron chi connectivity index (χ3n) is 2.99. The summed E-state index contributed by atoms with van der Waals surface area (Å²) in [4.78, 5) is 7.25. The number of para-hydroxylation sites is 2. The van der Waals surface area contributed by atoms with Gasteiger partial charge in [-0.25, -0.2) is 18.1 Å². The van der Waals surface area contributed by atoms with Gasteiger partial charge in [-0.3, -0.25) is 0 Å². The summed E-state index contributed by atoms with van der Waals surface area (Å²) in [6, 6.07) is 13.5. The zero-order chi connectivity index (χ0) is 14.9. The van der Waals surface area contributed by atoms with E-state index in [4.69, 9.17) is 4.74 Å². The van der Waals surface area contributed by atoms with Crippen molar-refractivity contribution in [2.45, 2.75) is 4.90 Å². The Labute approximate surface area is 121 Å². The van der Waals surface area contributed by atoms with Crippen molar-refractivity contribution in [2.75, 3.05) is 11.8 Å². The first kappa shape index (κ1) is 13.4. The SMILES string of the molecule is COc1ccc(S(=O)(=O)Nc2nc3ccccc3[nH]2)cc1. The quantitative estimate of drug-likeness (QED) is 0.775. The molecule has 3 aromatic rings. The minimum absolute atomic E-state index is 0.142. The Morgan fingerprint density at radius 2 is 1.81 bits per heavy atom. The van der Waals surface area contributed by atoms with Gasteiger partial charge in [0.2, 0.25) is 5.95 Å². The summed E-state index contributed by atoms with van der Waals surface area (Å²) in [5.74, 6) is 0.782. The Bertz CT molecular complexity index is 837. The third-order valence-corrected chi connectivity index (χ3v) is 4.34. The molecule has 0 saturated carbocycles. The van der Waals surface area contributed by atoms with E-state index in [2.05, 4.69) is 14.7 Å². The number of benzene rings is 2. The molecule has 21 heavy (non-hydrogen) atoms. The number of nitrogens with zero attached hydrogens (tertiary/aromatic N) is 1. The maximum absolute atomic E-state index is 12.3. The van der Waals surface area contributed by atoms with E-state index in [-0.39, 0.29) is 10.8 Å². The summed E-state index contributed by atoms with van der Waals surface area (Å²) < 4.78 is 32.0. The van der Waals surface area contributed by atoms with Crippen molar-refractivity contribution in [1.82, 2.24) is 9.97 Å². The van der Waals surface area contributed by atoms with Gasteiger partial charge in [0.15, 0.2) is 0 Å². The fourth-order valence-corrected chi connectivity index (χ4v) is 2.91. The van der Waals surface area contributed by atoms with Crippen LogP contribution in [0.15, 0.2) is 53.4 Å². The van der Waals surface area contributed by atoms with Crippen molar-refractivity contribution in [3.05, 3.63) is 48.5 Å². The number of sulfonamides is 1. The average molecular weight is 303 g/mol. The second kappa shape index (κ2) is 5.10. The van der Waals surface area contributed by atoms with Crippen LogP contribution in [0.3, 0.4) is 0 Å². The molecule has 0 saturated heterocycles. The largest absolute Gasteiger partial charge is 0.497 e. The highest BCUT2D eigenvalue weighted by molar-refractivity contribution is 7.92. The molecule has 0 radical (unpaired) electrons. The number of aromatic amines is 1. The van der Waals surface area contributed by atoms with Gasteiger partial charge in [0.1, 0.15) is 5.75 Å². The van der Waals surface area contributed by atoms with Gasteiger partial charge in [-0.05, 0) is 36.4 Å². The average Bonchev–Trinajstić information content (AvgIpc) is 2.88. The van der Waals surface area contributed by atoms with Crippen LogP contribution in [0, 0.1) is 0 Å². The van der Waals surface area contributed by atoms with E-state index >= 15 is 0 Å². The smallest absolute Gasteiger partial charge is 0.264 e. The van der Waals surface area contributed by atoms with Gasteiger partial charge in [-0.15, -0.1) is 0 Å². The maximum Gasteiger partial charge on any atom is 0.264 e. The molecule has 2 aromatic carbocycles. The van der Waals surface area contributed by atoms with Gasteiger partial charge >= 0.3 is 0 Å². The number of nitrogens with one attached hydrogen (secondary N) is 2. The van der Waals surface area contributed by atoms with Gasteiger partial charge in [0, 0.05) is 0 Å². The zero-order valence-corrected chi connectivity index (χ0v) is 12.0.